The summed E-state index contributed by atoms with van der Waals surface area (Å²) < 4.78 is 46.8. The molecule has 7 nitrogen and oxygen atoms in total. The molecule has 0 radical (unpaired) electrons. The van der Waals surface area contributed by atoms with E-state index in [9.17, 15) is 28.5 Å². The molecule has 3 unspecified atom stereocenters. The Balaban J connectivity index is 1.85. The number of thioether (sulfide) groups is 1. The molecule has 1 saturated heterocycles. The summed E-state index contributed by atoms with van der Waals surface area (Å²) in [5, 5.41) is 34.4. The van der Waals surface area contributed by atoms with Gasteiger partial charge in [0.05, 0.1) is 6.61 Å². The van der Waals surface area contributed by atoms with E-state index in [0.29, 0.717) is 12.1 Å². The Bertz CT molecular complexity index is 1010. The van der Waals surface area contributed by atoms with Crippen LogP contribution in [0, 0.1) is 17.5 Å². The SMILES string of the molecule is NN=C(C=[NH+]C1C(O)[C@@H](Sc2cccc(Br)c2)OC(CO)[C@@H]1O)c1cc(F)c(F)c(F)c1. The maximum absolute atomic E-state index is 13.6. The van der Waals surface area contributed by atoms with E-state index in [1.54, 1.807) is 12.1 Å². The Kier molecular flexibility index (Phi) is 8.31. The van der Waals surface area contributed by atoms with Gasteiger partial charge < -0.3 is 25.9 Å². The lowest BCUT2D eigenvalue weighted by Crippen LogP contribution is -2.87. The molecule has 1 heterocycles. The number of nitrogens with one attached hydrogen (secondary N) is 1. The maximum Gasteiger partial charge on any atom is 0.208 e. The fourth-order valence-corrected chi connectivity index (χ4v) is 4.81. The van der Waals surface area contributed by atoms with E-state index < -0.39 is 53.8 Å². The summed E-state index contributed by atoms with van der Waals surface area (Å²) in [4.78, 5) is 3.49. The van der Waals surface area contributed by atoms with E-state index >= 15 is 0 Å². The van der Waals surface area contributed by atoms with Crippen molar-refractivity contribution < 1.29 is 38.2 Å². The van der Waals surface area contributed by atoms with Crippen molar-refractivity contribution in [3.63, 3.8) is 0 Å². The van der Waals surface area contributed by atoms with Gasteiger partial charge in [-0.25, -0.2) is 18.2 Å². The summed E-state index contributed by atoms with van der Waals surface area (Å²) in [5.74, 6) is 0.823. The molecule has 2 aromatic carbocycles. The van der Waals surface area contributed by atoms with Gasteiger partial charge in [0.2, 0.25) is 6.04 Å². The zero-order valence-electron chi connectivity index (χ0n) is 16.3. The van der Waals surface area contributed by atoms with Crippen molar-refractivity contribution in [2.24, 2.45) is 10.9 Å². The van der Waals surface area contributed by atoms with Crippen molar-refractivity contribution in [3.05, 3.63) is 63.9 Å². The summed E-state index contributed by atoms with van der Waals surface area (Å²) in [6.45, 7) is -0.520. The van der Waals surface area contributed by atoms with Gasteiger partial charge >= 0.3 is 0 Å². The molecule has 0 spiro atoms. The first kappa shape index (κ1) is 24.7. The molecule has 3 rings (SSSR count). The number of hydrogen-bond donors (Lipinski definition) is 5. The zero-order valence-corrected chi connectivity index (χ0v) is 18.7. The molecule has 1 aliphatic heterocycles. The summed E-state index contributed by atoms with van der Waals surface area (Å²) >= 11 is 4.54. The van der Waals surface area contributed by atoms with Gasteiger partial charge in [-0.05, 0) is 30.3 Å². The molecule has 12 heteroatoms. The van der Waals surface area contributed by atoms with Crippen LogP contribution in [0.25, 0.3) is 0 Å². The van der Waals surface area contributed by atoms with E-state index in [0.717, 1.165) is 15.6 Å². The number of nitrogens with zero attached hydrogens (tertiary/aromatic N) is 1. The second kappa shape index (κ2) is 10.8. The van der Waals surface area contributed by atoms with Crippen molar-refractivity contribution >= 4 is 39.6 Å². The number of benzene rings is 2. The van der Waals surface area contributed by atoms with Crippen molar-refractivity contribution in [2.75, 3.05) is 6.61 Å². The minimum Gasteiger partial charge on any atom is -0.394 e. The Labute approximate surface area is 193 Å². The van der Waals surface area contributed by atoms with Gasteiger partial charge in [0.15, 0.2) is 35.5 Å². The number of hydrazone groups is 1. The molecular formula is C20H20BrF3N3O4S+. The number of rotatable bonds is 6. The van der Waals surface area contributed by atoms with Gasteiger partial charge in [0, 0.05) is 14.9 Å². The lowest BCUT2D eigenvalue weighted by atomic mass is 9.98. The Morgan fingerprint density at radius 3 is 2.47 bits per heavy atom. The third kappa shape index (κ3) is 5.50. The largest absolute Gasteiger partial charge is 0.394 e. The number of ether oxygens (including phenoxy) is 1. The smallest absolute Gasteiger partial charge is 0.208 e. The topological polar surface area (TPSA) is 122 Å². The molecule has 0 amide bonds. The summed E-state index contributed by atoms with van der Waals surface area (Å²) in [5.41, 5.74) is -1.19. The monoisotopic (exact) mass is 534 g/mol. The van der Waals surface area contributed by atoms with Crippen LogP contribution in [-0.4, -0.2) is 63.6 Å². The average Bonchev–Trinajstić information content (AvgIpc) is 2.76. The van der Waals surface area contributed by atoms with Crippen molar-refractivity contribution in [2.45, 2.75) is 34.7 Å². The Morgan fingerprint density at radius 2 is 1.88 bits per heavy atom. The minimum absolute atomic E-state index is 0.161. The molecule has 1 fully saturated rings. The number of hydrogen-bond acceptors (Lipinski definition) is 7. The molecule has 6 N–H and O–H groups in total. The van der Waals surface area contributed by atoms with Crippen molar-refractivity contribution in [1.82, 2.24) is 0 Å². The third-order valence-electron chi connectivity index (χ3n) is 4.76. The quantitative estimate of drug-likeness (QED) is 0.157. The van der Waals surface area contributed by atoms with Crippen molar-refractivity contribution in [1.29, 1.82) is 0 Å². The molecule has 0 bridgehead atoms. The Morgan fingerprint density at radius 1 is 1.19 bits per heavy atom. The third-order valence-corrected chi connectivity index (χ3v) is 6.41. The summed E-state index contributed by atoms with van der Waals surface area (Å²) in [6, 6.07) is 7.60. The molecule has 0 aliphatic carbocycles. The second-order valence-electron chi connectivity index (χ2n) is 6.89. The number of aliphatic hydroxyl groups is 3. The van der Waals surface area contributed by atoms with E-state index in [-0.39, 0.29) is 11.3 Å². The van der Waals surface area contributed by atoms with Gasteiger partial charge in [0.1, 0.15) is 17.6 Å². The van der Waals surface area contributed by atoms with Crippen LogP contribution >= 0.6 is 27.7 Å². The number of aliphatic hydroxyl groups excluding tert-OH is 3. The highest BCUT2D eigenvalue weighted by atomic mass is 79.9. The van der Waals surface area contributed by atoms with E-state index in [4.69, 9.17) is 10.6 Å². The highest BCUT2D eigenvalue weighted by Crippen LogP contribution is 2.33. The summed E-state index contributed by atoms with van der Waals surface area (Å²) in [6.07, 6.45) is -2.50. The first-order valence-electron chi connectivity index (χ1n) is 9.32. The first-order valence-corrected chi connectivity index (χ1v) is 11.0. The molecule has 0 saturated carbocycles. The number of halogens is 4. The lowest BCUT2D eigenvalue weighted by Gasteiger charge is -2.37. The van der Waals surface area contributed by atoms with Crippen LogP contribution in [0.5, 0.6) is 0 Å². The first-order chi connectivity index (χ1) is 15.2. The molecule has 32 heavy (non-hydrogen) atoms. The minimum atomic E-state index is -1.63. The fraction of sp³-hybridized carbons (Fsp3) is 0.300. The normalized spacial score (nSPS) is 26.6. The van der Waals surface area contributed by atoms with Crippen LogP contribution in [0.15, 0.2) is 50.9 Å². The molecule has 1 aliphatic rings. The Hall–Kier alpha value is -1.96. The predicted molar refractivity (Wildman–Crippen MR) is 116 cm³/mol. The fourth-order valence-electron chi connectivity index (χ4n) is 3.13. The average molecular weight is 535 g/mol. The second-order valence-corrected chi connectivity index (χ2v) is 8.97. The standard InChI is InChI=1S/C20H19BrF3N3O4S/c21-10-2-1-3-11(6-10)32-20-19(30)17(18(29)15(8-28)31-20)26-7-14(27-25)9-4-12(22)16(24)13(23)5-9/h1-7,15,17-20,28-30H,8,25H2/p+1/t15?,17?,18-,19?,20+/m0/s1. The van der Waals surface area contributed by atoms with Crippen LogP contribution in [0.2, 0.25) is 0 Å². The lowest BCUT2D eigenvalue weighted by molar-refractivity contribution is -0.537. The van der Waals surface area contributed by atoms with Crippen LogP contribution in [-0.2, 0) is 4.74 Å². The highest BCUT2D eigenvalue weighted by Gasteiger charge is 2.48. The number of nitrogens with two attached hydrogens (primary N) is 1. The van der Waals surface area contributed by atoms with E-state index in [1.807, 2.05) is 12.1 Å². The van der Waals surface area contributed by atoms with Crippen molar-refractivity contribution in [3.8, 4) is 0 Å². The predicted octanol–water partition coefficient (Wildman–Crippen LogP) is 0.281. The van der Waals surface area contributed by atoms with Crippen LogP contribution < -0.4 is 10.8 Å². The maximum atomic E-state index is 13.6. The van der Waals surface area contributed by atoms with E-state index in [2.05, 4.69) is 26.0 Å². The van der Waals surface area contributed by atoms with E-state index in [1.165, 1.54) is 11.8 Å². The molecule has 0 aromatic heterocycles. The van der Waals surface area contributed by atoms with Gasteiger partial charge in [-0.2, -0.15) is 5.10 Å². The zero-order chi connectivity index (χ0) is 23.4. The summed E-state index contributed by atoms with van der Waals surface area (Å²) in [7, 11) is 0. The molecule has 5 atom stereocenters. The molecule has 2 aromatic rings. The van der Waals surface area contributed by atoms with Crippen LogP contribution in [0.1, 0.15) is 5.56 Å². The van der Waals surface area contributed by atoms with Crippen LogP contribution in [0.4, 0.5) is 13.2 Å². The van der Waals surface area contributed by atoms with Gasteiger partial charge in [-0.1, -0.05) is 33.8 Å². The van der Waals surface area contributed by atoms with Gasteiger partial charge in [-0.15, -0.1) is 0 Å². The van der Waals surface area contributed by atoms with Gasteiger partial charge in [0.25, 0.3) is 0 Å². The molecule has 172 valence electrons. The van der Waals surface area contributed by atoms with Crippen LogP contribution in [0.3, 0.4) is 0 Å². The highest BCUT2D eigenvalue weighted by molar-refractivity contribution is 9.10. The molecular weight excluding hydrogens is 515 g/mol. The van der Waals surface area contributed by atoms with Gasteiger partial charge in [-0.3, -0.25) is 0 Å².